The molecule has 0 aliphatic rings. The van der Waals surface area contributed by atoms with Crippen molar-refractivity contribution in [2.24, 2.45) is 0 Å². The van der Waals surface area contributed by atoms with Crippen molar-refractivity contribution in [3.8, 4) is 0 Å². The van der Waals surface area contributed by atoms with E-state index in [2.05, 4.69) is 0 Å². The fraction of sp³-hybridized carbons (Fsp3) is 0.462. The number of benzene rings is 1. The van der Waals surface area contributed by atoms with E-state index in [4.69, 9.17) is 9.84 Å². The van der Waals surface area contributed by atoms with Gasteiger partial charge in [0, 0.05) is 0 Å². The van der Waals surface area contributed by atoms with Crippen molar-refractivity contribution in [2.75, 3.05) is 6.61 Å². The molecule has 0 bridgehead atoms. The average Bonchev–Trinajstić information content (AvgIpc) is 2.30. The Bertz CT molecular complexity index is 337. The first-order valence-electron chi connectivity index (χ1n) is 5.70. The molecule has 0 saturated carbocycles. The number of hydrogen-bond donors (Lipinski definition) is 2. The molecule has 4 nitrogen and oxygen atoms in total. The molecule has 0 aliphatic heterocycles. The third-order valence-electron chi connectivity index (χ3n) is 2.44. The van der Waals surface area contributed by atoms with Crippen LogP contribution in [-0.4, -0.2) is 28.9 Å². The number of carbonyl (C=O) groups is 1. The lowest BCUT2D eigenvalue weighted by Crippen LogP contribution is -2.20. The Kier molecular flexibility index (Phi) is 5.66. The van der Waals surface area contributed by atoms with Gasteiger partial charge in [-0.15, -0.1) is 0 Å². The molecule has 17 heavy (non-hydrogen) atoms. The van der Waals surface area contributed by atoms with Crippen molar-refractivity contribution in [1.82, 2.24) is 0 Å². The first kappa shape index (κ1) is 13.7. The van der Waals surface area contributed by atoms with Crippen LogP contribution >= 0.6 is 0 Å². The number of carboxylic acids is 1. The molecule has 4 heteroatoms. The van der Waals surface area contributed by atoms with E-state index in [1.807, 2.05) is 37.3 Å². The second-order valence-electron chi connectivity index (χ2n) is 3.89. The Labute approximate surface area is 101 Å². The highest BCUT2D eigenvalue weighted by molar-refractivity contribution is 5.67. The fourth-order valence-electron chi connectivity index (χ4n) is 1.61. The molecule has 2 atom stereocenters. The summed E-state index contributed by atoms with van der Waals surface area (Å²) in [5, 5.41) is 17.9. The van der Waals surface area contributed by atoms with Gasteiger partial charge in [0.05, 0.1) is 25.2 Å². The highest BCUT2D eigenvalue weighted by atomic mass is 16.5. The van der Waals surface area contributed by atoms with Crippen LogP contribution in [0.25, 0.3) is 0 Å². The molecular formula is C13H18O4. The summed E-state index contributed by atoms with van der Waals surface area (Å²) in [7, 11) is 0. The highest BCUT2D eigenvalue weighted by Crippen LogP contribution is 2.20. The van der Waals surface area contributed by atoms with Crippen LogP contribution in [0.1, 0.15) is 31.4 Å². The van der Waals surface area contributed by atoms with Crippen LogP contribution in [0.5, 0.6) is 0 Å². The lowest BCUT2D eigenvalue weighted by atomic mass is 10.1. The molecule has 1 rings (SSSR count). The SMILES string of the molecule is CCC(OCC(O)CC(=O)O)c1ccccc1. The summed E-state index contributed by atoms with van der Waals surface area (Å²) in [5.74, 6) is -1.02. The van der Waals surface area contributed by atoms with Gasteiger partial charge in [-0.2, -0.15) is 0 Å². The third-order valence-corrected chi connectivity index (χ3v) is 2.44. The maximum Gasteiger partial charge on any atom is 0.306 e. The zero-order chi connectivity index (χ0) is 12.7. The predicted octanol–water partition coefficient (Wildman–Crippen LogP) is 1.99. The minimum Gasteiger partial charge on any atom is -0.481 e. The van der Waals surface area contributed by atoms with E-state index < -0.39 is 12.1 Å². The standard InChI is InChI=1S/C13H18O4/c1-2-12(10-6-4-3-5-7-10)17-9-11(14)8-13(15)16/h3-7,11-12,14H,2,8-9H2,1H3,(H,15,16). The number of carboxylic acid groups (broad SMARTS) is 1. The first-order chi connectivity index (χ1) is 8.13. The van der Waals surface area contributed by atoms with Crippen LogP contribution in [0.2, 0.25) is 0 Å². The monoisotopic (exact) mass is 238 g/mol. The van der Waals surface area contributed by atoms with Gasteiger partial charge in [-0.25, -0.2) is 0 Å². The van der Waals surface area contributed by atoms with Crippen LogP contribution in [0.4, 0.5) is 0 Å². The number of hydrogen-bond acceptors (Lipinski definition) is 3. The second-order valence-corrected chi connectivity index (χ2v) is 3.89. The van der Waals surface area contributed by atoms with E-state index in [1.165, 1.54) is 0 Å². The van der Waals surface area contributed by atoms with E-state index in [1.54, 1.807) is 0 Å². The maximum atomic E-state index is 10.4. The molecule has 94 valence electrons. The van der Waals surface area contributed by atoms with Gasteiger partial charge < -0.3 is 14.9 Å². The topological polar surface area (TPSA) is 66.8 Å². The molecule has 1 aromatic carbocycles. The van der Waals surface area contributed by atoms with Crippen LogP contribution in [-0.2, 0) is 9.53 Å². The Morgan fingerprint density at radius 3 is 2.53 bits per heavy atom. The summed E-state index contributed by atoms with van der Waals surface area (Å²) in [4.78, 5) is 10.4. The van der Waals surface area contributed by atoms with Crippen molar-refractivity contribution in [2.45, 2.75) is 32.0 Å². The first-order valence-corrected chi connectivity index (χ1v) is 5.70. The van der Waals surface area contributed by atoms with Crippen LogP contribution < -0.4 is 0 Å². The Morgan fingerprint density at radius 1 is 1.35 bits per heavy atom. The van der Waals surface area contributed by atoms with Gasteiger partial charge in [0.1, 0.15) is 0 Å². The maximum absolute atomic E-state index is 10.4. The summed E-state index contributed by atoms with van der Waals surface area (Å²) < 4.78 is 5.53. The summed E-state index contributed by atoms with van der Waals surface area (Å²) in [6, 6.07) is 9.69. The number of aliphatic hydroxyl groups excluding tert-OH is 1. The van der Waals surface area contributed by atoms with E-state index >= 15 is 0 Å². The van der Waals surface area contributed by atoms with Crippen LogP contribution in [0, 0.1) is 0 Å². The Morgan fingerprint density at radius 2 is 2.00 bits per heavy atom. The van der Waals surface area contributed by atoms with Gasteiger partial charge in [0.2, 0.25) is 0 Å². The molecule has 0 fully saturated rings. The lowest BCUT2D eigenvalue weighted by molar-refractivity contribution is -0.140. The van der Waals surface area contributed by atoms with Crippen LogP contribution in [0.3, 0.4) is 0 Å². The molecule has 0 saturated heterocycles. The summed E-state index contributed by atoms with van der Waals surface area (Å²) >= 11 is 0. The zero-order valence-corrected chi connectivity index (χ0v) is 9.87. The normalized spacial score (nSPS) is 14.2. The quantitative estimate of drug-likeness (QED) is 0.762. The van der Waals surface area contributed by atoms with Gasteiger partial charge >= 0.3 is 5.97 Å². The minimum absolute atomic E-state index is 0.0414. The average molecular weight is 238 g/mol. The highest BCUT2D eigenvalue weighted by Gasteiger charge is 2.14. The molecule has 0 spiro atoms. The second kappa shape index (κ2) is 7.04. The number of rotatable bonds is 7. The Hall–Kier alpha value is -1.39. The van der Waals surface area contributed by atoms with E-state index in [0.29, 0.717) is 0 Å². The summed E-state index contributed by atoms with van der Waals surface area (Å²) in [5.41, 5.74) is 1.04. The van der Waals surface area contributed by atoms with Crippen molar-refractivity contribution >= 4 is 5.97 Å². The van der Waals surface area contributed by atoms with Crippen molar-refractivity contribution in [3.05, 3.63) is 35.9 Å². The van der Waals surface area contributed by atoms with Crippen molar-refractivity contribution < 1.29 is 19.7 Å². The van der Waals surface area contributed by atoms with Crippen molar-refractivity contribution in [3.63, 3.8) is 0 Å². The molecule has 1 aromatic rings. The zero-order valence-electron chi connectivity index (χ0n) is 9.87. The number of ether oxygens (including phenoxy) is 1. The van der Waals surface area contributed by atoms with Gasteiger partial charge in [-0.3, -0.25) is 4.79 Å². The molecule has 0 heterocycles. The van der Waals surface area contributed by atoms with Gasteiger partial charge in [0.25, 0.3) is 0 Å². The van der Waals surface area contributed by atoms with Crippen LogP contribution in [0.15, 0.2) is 30.3 Å². The smallest absolute Gasteiger partial charge is 0.306 e. The predicted molar refractivity (Wildman–Crippen MR) is 63.7 cm³/mol. The number of aliphatic carboxylic acids is 1. The fourth-order valence-corrected chi connectivity index (χ4v) is 1.61. The van der Waals surface area contributed by atoms with Gasteiger partial charge in [-0.05, 0) is 12.0 Å². The van der Waals surface area contributed by atoms with Crippen molar-refractivity contribution in [1.29, 1.82) is 0 Å². The minimum atomic E-state index is -1.02. The molecule has 0 amide bonds. The summed E-state index contributed by atoms with van der Waals surface area (Å²) in [6.45, 7) is 2.03. The van der Waals surface area contributed by atoms with E-state index in [-0.39, 0.29) is 19.1 Å². The number of aliphatic hydroxyl groups is 1. The lowest BCUT2D eigenvalue weighted by Gasteiger charge is -2.18. The largest absolute Gasteiger partial charge is 0.481 e. The molecule has 2 unspecified atom stereocenters. The molecular weight excluding hydrogens is 220 g/mol. The van der Waals surface area contributed by atoms with Gasteiger partial charge in [0.15, 0.2) is 0 Å². The molecule has 2 N–H and O–H groups in total. The van der Waals surface area contributed by atoms with Gasteiger partial charge in [-0.1, -0.05) is 37.3 Å². The molecule has 0 aromatic heterocycles. The molecule has 0 aliphatic carbocycles. The Balaban J connectivity index is 2.46. The summed E-state index contributed by atoms with van der Waals surface area (Å²) in [6.07, 6.45) is -0.556. The van der Waals surface area contributed by atoms with E-state index in [9.17, 15) is 9.90 Å². The molecule has 0 radical (unpaired) electrons. The van der Waals surface area contributed by atoms with E-state index in [0.717, 1.165) is 12.0 Å². The third kappa shape index (κ3) is 4.97.